The van der Waals surface area contributed by atoms with Gasteiger partial charge in [0.25, 0.3) is 0 Å². The molecule has 0 aliphatic carbocycles. The molecule has 1 atom stereocenters. The maximum Gasteiger partial charge on any atom is 0.325 e. The molecule has 2 aliphatic rings. The number of benzene rings is 2. The summed E-state index contributed by atoms with van der Waals surface area (Å²) in [5, 5.41) is 10.8. The van der Waals surface area contributed by atoms with Gasteiger partial charge in [-0.15, -0.1) is 24.8 Å². The lowest BCUT2D eigenvalue weighted by Gasteiger charge is -2.33. The number of hydrogen-bond donors (Lipinski definition) is 1. The largest absolute Gasteiger partial charge is 0.490 e. The van der Waals surface area contributed by atoms with Gasteiger partial charge in [-0.05, 0) is 62.0 Å². The van der Waals surface area contributed by atoms with Gasteiger partial charge >= 0.3 is 5.97 Å². The molecule has 34 heavy (non-hydrogen) atoms. The Morgan fingerprint density at radius 2 is 1.59 bits per heavy atom. The summed E-state index contributed by atoms with van der Waals surface area (Å²) < 4.78 is 6.08. The molecule has 9 heteroatoms. The maximum atomic E-state index is 11.9. The Balaban J connectivity index is 0.00000204. The molecule has 2 fully saturated rings. The molecule has 5 nitrogen and oxygen atoms in total. The van der Waals surface area contributed by atoms with Crippen molar-refractivity contribution < 1.29 is 14.6 Å². The van der Waals surface area contributed by atoms with E-state index < -0.39 is 12.0 Å². The zero-order chi connectivity index (χ0) is 22.5. The van der Waals surface area contributed by atoms with E-state index in [1.807, 2.05) is 18.2 Å². The van der Waals surface area contributed by atoms with Gasteiger partial charge in [0.05, 0.1) is 10.0 Å². The smallest absolute Gasteiger partial charge is 0.325 e. The molecule has 2 aliphatic heterocycles. The molecule has 0 radical (unpaired) electrons. The standard InChI is InChI=1S/C25H30Cl2N2O3.2ClH/c26-22-9-8-21(16-23(22)27)32-20-10-14-28(15-11-20)17-18-4-6-19(7-5-18)24(25(30)31)29-12-2-1-3-13-29;;/h4-9,16,20,24H,1-3,10-15,17H2,(H,30,31);2*1H. The van der Waals surface area contributed by atoms with E-state index in [0.29, 0.717) is 10.0 Å². The van der Waals surface area contributed by atoms with Crippen LogP contribution >= 0.6 is 48.0 Å². The molecule has 0 bridgehead atoms. The highest BCUT2D eigenvalue weighted by Crippen LogP contribution is 2.29. The molecule has 2 aromatic carbocycles. The molecule has 0 amide bonds. The van der Waals surface area contributed by atoms with Crippen molar-refractivity contribution in [3.05, 3.63) is 63.6 Å². The molecular weight excluding hydrogens is 518 g/mol. The van der Waals surface area contributed by atoms with E-state index in [-0.39, 0.29) is 30.9 Å². The van der Waals surface area contributed by atoms with E-state index >= 15 is 0 Å². The highest BCUT2D eigenvalue weighted by molar-refractivity contribution is 6.42. The summed E-state index contributed by atoms with van der Waals surface area (Å²) in [6.07, 6.45) is 5.42. The van der Waals surface area contributed by atoms with E-state index in [2.05, 4.69) is 21.9 Å². The Labute approximate surface area is 224 Å². The highest BCUT2D eigenvalue weighted by Gasteiger charge is 2.28. The van der Waals surface area contributed by atoms with Crippen molar-refractivity contribution in [2.24, 2.45) is 0 Å². The minimum atomic E-state index is -0.760. The molecule has 2 saturated heterocycles. The molecule has 0 aromatic heterocycles. The second-order valence-electron chi connectivity index (χ2n) is 8.75. The fourth-order valence-electron chi connectivity index (χ4n) is 4.68. The molecule has 188 valence electrons. The Morgan fingerprint density at radius 1 is 0.941 bits per heavy atom. The molecule has 2 aromatic rings. The number of aliphatic carboxylic acids is 1. The number of likely N-dealkylation sites (tertiary alicyclic amines) is 2. The topological polar surface area (TPSA) is 53.0 Å². The van der Waals surface area contributed by atoms with Crippen LogP contribution in [0.5, 0.6) is 5.75 Å². The van der Waals surface area contributed by atoms with Crippen LogP contribution in [0.2, 0.25) is 10.0 Å². The van der Waals surface area contributed by atoms with Crippen molar-refractivity contribution in [1.29, 1.82) is 0 Å². The average molecular weight is 550 g/mol. The lowest BCUT2D eigenvalue weighted by Crippen LogP contribution is -2.38. The monoisotopic (exact) mass is 548 g/mol. The summed E-state index contributed by atoms with van der Waals surface area (Å²) in [6, 6.07) is 13.0. The van der Waals surface area contributed by atoms with Crippen molar-refractivity contribution >= 4 is 54.0 Å². The summed E-state index contributed by atoms with van der Waals surface area (Å²) >= 11 is 12.1. The predicted molar refractivity (Wildman–Crippen MR) is 142 cm³/mol. The number of halogens is 4. The summed E-state index contributed by atoms with van der Waals surface area (Å²) in [5.41, 5.74) is 2.08. The lowest BCUT2D eigenvalue weighted by atomic mass is 10.00. The van der Waals surface area contributed by atoms with E-state index in [9.17, 15) is 9.90 Å². The SMILES string of the molecule is Cl.Cl.O=C(O)C(c1ccc(CN2CCC(Oc3ccc(Cl)c(Cl)c3)CC2)cc1)N1CCCCC1. The van der Waals surface area contributed by atoms with Gasteiger partial charge in [-0.1, -0.05) is 53.9 Å². The van der Waals surface area contributed by atoms with Crippen LogP contribution in [0.15, 0.2) is 42.5 Å². The molecule has 1 N–H and O–H groups in total. The number of rotatable bonds is 7. The number of carboxylic acids is 1. The van der Waals surface area contributed by atoms with Crippen LogP contribution in [-0.4, -0.2) is 53.2 Å². The first-order valence-electron chi connectivity index (χ1n) is 11.4. The number of nitrogens with zero attached hydrogens (tertiary/aromatic N) is 2. The Bertz CT molecular complexity index is 915. The first-order chi connectivity index (χ1) is 15.5. The summed E-state index contributed by atoms with van der Waals surface area (Å²) in [4.78, 5) is 16.4. The zero-order valence-electron chi connectivity index (χ0n) is 19.0. The quantitative estimate of drug-likeness (QED) is 0.427. The van der Waals surface area contributed by atoms with E-state index in [4.69, 9.17) is 27.9 Å². The van der Waals surface area contributed by atoms with Crippen LogP contribution in [-0.2, 0) is 11.3 Å². The predicted octanol–water partition coefficient (Wildman–Crippen LogP) is 6.49. The van der Waals surface area contributed by atoms with Gasteiger partial charge in [0.1, 0.15) is 17.9 Å². The third kappa shape index (κ3) is 7.64. The first-order valence-corrected chi connectivity index (χ1v) is 12.1. The molecule has 1 unspecified atom stereocenters. The summed E-state index contributed by atoms with van der Waals surface area (Å²) in [6.45, 7) is 4.50. The fourth-order valence-corrected chi connectivity index (χ4v) is 4.97. The van der Waals surface area contributed by atoms with Crippen LogP contribution in [0.3, 0.4) is 0 Å². The number of carboxylic acid groups (broad SMARTS) is 1. The third-order valence-corrected chi connectivity index (χ3v) is 7.16. The van der Waals surface area contributed by atoms with Gasteiger partial charge < -0.3 is 9.84 Å². The van der Waals surface area contributed by atoms with Crippen molar-refractivity contribution in [2.75, 3.05) is 26.2 Å². The van der Waals surface area contributed by atoms with Crippen molar-refractivity contribution in [3.63, 3.8) is 0 Å². The number of piperidine rings is 2. The lowest BCUT2D eigenvalue weighted by molar-refractivity contribution is -0.144. The van der Waals surface area contributed by atoms with Gasteiger partial charge in [0.2, 0.25) is 0 Å². The molecular formula is C25H32Cl4N2O3. The summed E-state index contributed by atoms with van der Waals surface area (Å²) in [5.74, 6) is -0.00109. The number of ether oxygens (including phenoxy) is 1. The minimum absolute atomic E-state index is 0. The fraction of sp³-hybridized carbons (Fsp3) is 0.480. The van der Waals surface area contributed by atoms with Gasteiger partial charge in [-0.3, -0.25) is 14.6 Å². The maximum absolute atomic E-state index is 11.9. The van der Waals surface area contributed by atoms with Gasteiger partial charge in [0.15, 0.2) is 0 Å². The molecule has 0 spiro atoms. The third-order valence-electron chi connectivity index (χ3n) is 6.42. The van der Waals surface area contributed by atoms with Crippen molar-refractivity contribution in [2.45, 2.75) is 50.8 Å². The van der Waals surface area contributed by atoms with Crippen molar-refractivity contribution in [3.8, 4) is 5.75 Å². The van der Waals surface area contributed by atoms with Gasteiger partial charge in [-0.25, -0.2) is 0 Å². The van der Waals surface area contributed by atoms with Gasteiger partial charge in [-0.2, -0.15) is 0 Å². The Hall–Kier alpha value is -1.21. The first kappa shape index (κ1) is 29.0. The van der Waals surface area contributed by atoms with Crippen LogP contribution in [0.25, 0.3) is 0 Å². The number of carbonyl (C=O) groups is 1. The van der Waals surface area contributed by atoms with Gasteiger partial charge in [0, 0.05) is 25.7 Å². The zero-order valence-corrected chi connectivity index (χ0v) is 22.1. The molecule has 4 rings (SSSR count). The van der Waals surface area contributed by atoms with E-state index in [1.165, 1.54) is 12.0 Å². The number of hydrogen-bond acceptors (Lipinski definition) is 4. The van der Waals surface area contributed by atoms with E-state index in [0.717, 1.165) is 69.7 Å². The average Bonchev–Trinajstić information content (AvgIpc) is 2.79. The highest BCUT2D eigenvalue weighted by atomic mass is 35.5. The van der Waals surface area contributed by atoms with Crippen LogP contribution in [0.4, 0.5) is 0 Å². The van der Waals surface area contributed by atoms with Crippen LogP contribution in [0, 0.1) is 0 Å². The Kier molecular flexibility index (Phi) is 11.8. The van der Waals surface area contributed by atoms with Crippen LogP contribution < -0.4 is 4.74 Å². The second-order valence-corrected chi connectivity index (χ2v) is 9.56. The summed E-state index contributed by atoms with van der Waals surface area (Å²) in [7, 11) is 0. The van der Waals surface area contributed by atoms with E-state index in [1.54, 1.807) is 12.1 Å². The van der Waals surface area contributed by atoms with Crippen molar-refractivity contribution in [1.82, 2.24) is 9.80 Å². The normalized spacial score (nSPS) is 18.4. The molecule has 0 saturated carbocycles. The Morgan fingerprint density at radius 3 is 2.18 bits per heavy atom. The minimum Gasteiger partial charge on any atom is -0.490 e. The molecule has 2 heterocycles. The second kappa shape index (κ2) is 13.8. The van der Waals surface area contributed by atoms with Crippen LogP contribution in [0.1, 0.15) is 49.3 Å².